The van der Waals surface area contributed by atoms with Crippen LogP contribution in [0.2, 0.25) is 0 Å². The van der Waals surface area contributed by atoms with Gasteiger partial charge in [-0.1, -0.05) is 12.1 Å². The summed E-state index contributed by atoms with van der Waals surface area (Å²) in [4.78, 5) is 22.5. The predicted octanol–water partition coefficient (Wildman–Crippen LogP) is 4.32. The van der Waals surface area contributed by atoms with Gasteiger partial charge in [0.25, 0.3) is 0 Å². The van der Waals surface area contributed by atoms with Gasteiger partial charge in [-0.15, -0.1) is 22.7 Å². The molecule has 0 saturated heterocycles. The van der Waals surface area contributed by atoms with E-state index in [1.165, 1.54) is 10.4 Å². The predicted molar refractivity (Wildman–Crippen MR) is 106 cm³/mol. The highest BCUT2D eigenvalue weighted by molar-refractivity contribution is 7.18. The highest BCUT2D eigenvalue weighted by atomic mass is 32.1. The molecular weight excluding hydrogens is 350 g/mol. The molecule has 132 valence electrons. The lowest BCUT2D eigenvalue weighted by Gasteiger charge is -2.26. The van der Waals surface area contributed by atoms with Gasteiger partial charge >= 0.3 is 0 Å². The molecule has 4 nitrogen and oxygen atoms in total. The first-order valence-corrected chi connectivity index (χ1v) is 9.98. The monoisotopic (exact) mass is 373 g/mol. The van der Waals surface area contributed by atoms with Gasteiger partial charge in [-0.05, 0) is 50.0 Å². The molecule has 1 atom stereocenters. The van der Waals surface area contributed by atoms with Gasteiger partial charge in [-0.25, -0.2) is 4.98 Å². The van der Waals surface area contributed by atoms with Crippen LogP contribution in [0.4, 0.5) is 0 Å². The number of carbonyl (C=O) groups excluding carboxylic acids is 1. The number of rotatable bonds is 6. The second-order valence-electron chi connectivity index (χ2n) is 6.40. The van der Waals surface area contributed by atoms with E-state index in [2.05, 4.69) is 34.3 Å². The van der Waals surface area contributed by atoms with Crippen molar-refractivity contribution in [3.63, 3.8) is 0 Å². The summed E-state index contributed by atoms with van der Waals surface area (Å²) in [6, 6.07) is 10.2. The third-order valence-electron chi connectivity index (χ3n) is 4.43. The van der Waals surface area contributed by atoms with Crippen LogP contribution in [0.5, 0.6) is 0 Å². The second kappa shape index (κ2) is 7.64. The Morgan fingerprint density at radius 3 is 2.68 bits per heavy atom. The Kier molecular flexibility index (Phi) is 5.51. The quantitative estimate of drug-likeness (QED) is 0.646. The van der Waals surface area contributed by atoms with Gasteiger partial charge in [-0.2, -0.15) is 0 Å². The van der Waals surface area contributed by atoms with E-state index in [9.17, 15) is 4.79 Å². The van der Waals surface area contributed by atoms with Crippen LogP contribution < -0.4 is 0 Å². The average Bonchev–Trinajstić information content (AvgIpc) is 3.19. The Hall–Kier alpha value is -1.76. The number of para-hydroxylation sites is 1. The van der Waals surface area contributed by atoms with Crippen LogP contribution in [0.3, 0.4) is 0 Å². The molecule has 1 aromatic carbocycles. The number of aromatic nitrogens is 1. The molecule has 0 saturated carbocycles. The maximum Gasteiger partial charge on any atom is 0.237 e. The lowest BCUT2D eigenvalue weighted by Crippen LogP contribution is -2.37. The van der Waals surface area contributed by atoms with Gasteiger partial charge in [0.05, 0.1) is 22.8 Å². The zero-order valence-electron chi connectivity index (χ0n) is 15.0. The molecule has 2 aromatic heterocycles. The van der Waals surface area contributed by atoms with Crippen LogP contribution >= 0.6 is 22.7 Å². The molecule has 0 aliphatic rings. The van der Waals surface area contributed by atoms with Crippen molar-refractivity contribution in [3.8, 4) is 0 Å². The molecule has 0 aliphatic heterocycles. The summed E-state index contributed by atoms with van der Waals surface area (Å²) in [6.07, 6.45) is 0. The Bertz CT molecular complexity index is 837. The molecule has 6 heteroatoms. The number of thiophene rings is 1. The molecule has 0 fully saturated rings. The maximum atomic E-state index is 12.7. The zero-order chi connectivity index (χ0) is 18.0. The van der Waals surface area contributed by atoms with E-state index in [1.807, 2.05) is 39.2 Å². The van der Waals surface area contributed by atoms with Crippen molar-refractivity contribution in [2.45, 2.75) is 26.4 Å². The Balaban J connectivity index is 1.63. The number of fused-ring (bicyclic) bond motifs is 1. The van der Waals surface area contributed by atoms with Gasteiger partial charge in [0.15, 0.2) is 0 Å². The summed E-state index contributed by atoms with van der Waals surface area (Å²) in [5, 5.41) is 3.08. The molecule has 0 N–H and O–H groups in total. The van der Waals surface area contributed by atoms with Gasteiger partial charge in [-0.3, -0.25) is 9.69 Å². The number of thiazole rings is 1. The number of nitrogens with zero attached hydrogens (tertiary/aromatic N) is 3. The summed E-state index contributed by atoms with van der Waals surface area (Å²) in [5.74, 6) is 0.114. The minimum Gasteiger partial charge on any atom is -0.335 e. The number of likely N-dealkylation sites (N-methyl/N-ethyl adjacent to an activating group) is 2. The number of carbonyl (C=O) groups is 1. The minimum atomic E-state index is -0.0261. The Morgan fingerprint density at radius 1 is 1.24 bits per heavy atom. The number of amides is 1. The van der Waals surface area contributed by atoms with E-state index in [1.54, 1.807) is 27.6 Å². The zero-order valence-corrected chi connectivity index (χ0v) is 16.7. The first-order valence-electron chi connectivity index (χ1n) is 8.28. The molecule has 0 spiro atoms. The van der Waals surface area contributed by atoms with Gasteiger partial charge in [0.1, 0.15) is 5.01 Å². The fourth-order valence-corrected chi connectivity index (χ4v) is 4.71. The topological polar surface area (TPSA) is 36.4 Å². The molecule has 0 aliphatic carbocycles. The first-order chi connectivity index (χ1) is 12.0. The smallest absolute Gasteiger partial charge is 0.237 e. The average molecular weight is 374 g/mol. The SMILES string of the molecule is Cc1ccsc1CN(C)CC(=O)N(C)[C@@H](C)c1nc2ccccc2s1. The number of hydrogen-bond acceptors (Lipinski definition) is 5. The summed E-state index contributed by atoms with van der Waals surface area (Å²) in [5.41, 5.74) is 2.29. The van der Waals surface area contributed by atoms with E-state index < -0.39 is 0 Å². The largest absolute Gasteiger partial charge is 0.335 e. The van der Waals surface area contributed by atoms with Crippen LogP contribution in [0.25, 0.3) is 10.2 Å². The number of benzene rings is 1. The third-order valence-corrected chi connectivity index (χ3v) is 6.64. The van der Waals surface area contributed by atoms with Crippen molar-refractivity contribution in [2.24, 2.45) is 0 Å². The van der Waals surface area contributed by atoms with Crippen molar-refractivity contribution in [3.05, 3.63) is 51.2 Å². The van der Waals surface area contributed by atoms with E-state index in [4.69, 9.17) is 0 Å². The normalized spacial score (nSPS) is 12.7. The molecule has 25 heavy (non-hydrogen) atoms. The minimum absolute atomic E-state index is 0.0261. The van der Waals surface area contributed by atoms with Crippen LogP contribution in [0.15, 0.2) is 35.7 Å². The van der Waals surface area contributed by atoms with Crippen molar-refractivity contribution in [1.82, 2.24) is 14.8 Å². The summed E-state index contributed by atoms with van der Waals surface area (Å²) >= 11 is 3.40. The van der Waals surface area contributed by atoms with Crippen LogP contribution in [0.1, 0.15) is 28.4 Å². The van der Waals surface area contributed by atoms with Crippen molar-refractivity contribution < 1.29 is 4.79 Å². The maximum absolute atomic E-state index is 12.7. The molecule has 1 amide bonds. The van der Waals surface area contributed by atoms with E-state index in [0.29, 0.717) is 6.54 Å². The highest BCUT2D eigenvalue weighted by Gasteiger charge is 2.21. The lowest BCUT2D eigenvalue weighted by atomic mass is 10.2. The molecule has 0 radical (unpaired) electrons. The summed E-state index contributed by atoms with van der Waals surface area (Å²) in [6.45, 7) is 5.36. The molecule has 0 bridgehead atoms. The van der Waals surface area contributed by atoms with Crippen molar-refractivity contribution in [2.75, 3.05) is 20.6 Å². The van der Waals surface area contributed by atoms with Gasteiger partial charge < -0.3 is 4.90 Å². The second-order valence-corrected chi connectivity index (χ2v) is 8.46. The first kappa shape index (κ1) is 18.0. The van der Waals surface area contributed by atoms with E-state index in [0.717, 1.165) is 21.8 Å². The standard InChI is InChI=1S/C19H23N3OS2/c1-13-9-10-24-17(13)11-21(3)12-18(23)22(4)14(2)19-20-15-7-5-6-8-16(15)25-19/h5-10,14H,11-12H2,1-4H3/t14-/m0/s1. The highest BCUT2D eigenvalue weighted by Crippen LogP contribution is 2.29. The van der Waals surface area contributed by atoms with Crippen LogP contribution in [0, 0.1) is 6.92 Å². The fraction of sp³-hybridized carbons (Fsp3) is 0.368. The molecule has 3 aromatic rings. The fourth-order valence-electron chi connectivity index (χ4n) is 2.66. The van der Waals surface area contributed by atoms with E-state index >= 15 is 0 Å². The molecule has 2 heterocycles. The van der Waals surface area contributed by atoms with Gasteiger partial charge in [0.2, 0.25) is 5.91 Å². The van der Waals surface area contributed by atoms with E-state index in [-0.39, 0.29) is 11.9 Å². The van der Waals surface area contributed by atoms with Gasteiger partial charge in [0, 0.05) is 18.5 Å². The van der Waals surface area contributed by atoms with Crippen LogP contribution in [-0.4, -0.2) is 41.3 Å². The summed E-state index contributed by atoms with van der Waals surface area (Å²) < 4.78 is 1.16. The van der Waals surface area contributed by atoms with Crippen LogP contribution in [-0.2, 0) is 11.3 Å². The lowest BCUT2D eigenvalue weighted by molar-refractivity contribution is -0.132. The molecular formula is C19H23N3OS2. The third kappa shape index (κ3) is 4.08. The Morgan fingerprint density at radius 2 is 2.00 bits per heavy atom. The van der Waals surface area contributed by atoms with Crippen molar-refractivity contribution >= 4 is 38.8 Å². The molecule has 3 rings (SSSR count). The Labute approximate surface area is 156 Å². The number of aryl methyl sites for hydroxylation is 1. The number of hydrogen-bond donors (Lipinski definition) is 0. The molecule has 0 unspecified atom stereocenters. The van der Waals surface area contributed by atoms with Crippen molar-refractivity contribution in [1.29, 1.82) is 0 Å². The summed E-state index contributed by atoms with van der Waals surface area (Å²) in [7, 11) is 3.86.